The Bertz CT molecular complexity index is 733. The van der Waals surface area contributed by atoms with Crippen LogP contribution in [0.1, 0.15) is 11.1 Å². The Hall–Kier alpha value is -2.49. The van der Waals surface area contributed by atoms with Gasteiger partial charge in [0.2, 0.25) is 0 Å². The normalized spacial score (nSPS) is 10.8. The maximum atomic E-state index is 5.94. The minimum atomic E-state index is 0.779. The topological polar surface area (TPSA) is 64.1 Å². The van der Waals surface area contributed by atoms with E-state index < -0.39 is 0 Å². The third-order valence-electron chi connectivity index (χ3n) is 3.33. The average Bonchev–Trinajstić information content (AvgIpc) is 2.90. The fraction of sp³-hybridized carbons (Fsp3) is 0.188. The van der Waals surface area contributed by atoms with Crippen molar-refractivity contribution < 1.29 is 4.42 Å². The summed E-state index contributed by atoms with van der Waals surface area (Å²) in [5.41, 5.74) is 11.9. The first-order valence-corrected chi connectivity index (χ1v) is 6.64. The van der Waals surface area contributed by atoms with Crippen LogP contribution in [0.4, 0.5) is 11.4 Å². The van der Waals surface area contributed by atoms with Crippen molar-refractivity contribution in [3.63, 3.8) is 0 Å². The lowest BCUT2D eigenvalue weighted by molar-refractivity contribution is 0.601. The standard InChI is InChI=1S/C16H17N3O/c1-11-2-4-13(17)15(8-11)18-7-6-12-3-5-14-16(9-12)20-10-19-14/h2-5,8-10,18H,6-7,17H2,1H3. The molecule has 0 amide bonds. The molecule has 0 fully saturated rings. The van der Waals surface area contributed by atoms with Crippen LogP contribution in [-0.4, -0.2) is 11.5 Å². The summed E-state index contributed by atoms with van der Waals surface area (Å²) in [7, 11) is 0. The van der Waals surface area contributed by atoms with Gasteiger partial charge in [0.25, 0.3) is 0 Å². The molecule has 3 N–H and O–H groups in total. The van der Waals surface area contributed by atoms with E-state index in [1.165, 1.54) is 17.5 Å². The highest BCUT2D eigenvalue weighted by molar-refractivity contribution is 5.72. The van der Waals surface area contributed by atoms with E-state index in [-0.39, 0.29) is 0 Å². The molecule has 0 spiro atoms. The van der Waals surface area contributed by atoms with Gasteiger partial charge in [0.1, 0.15) is 5.52 Å². The molecule has 0 aliphatic heterocycles. The maximum absolute atomic E-state index is 5.94. The second-order valence-electron chi connectivity index (χ2n) is 4.92. The molecule has 0 radical (unpaired) electrons. The van der Waals surface area contributed by atoms with E-state index in [1.54, 1.807) is 0 Å². The Balaban J connectivity index is 1.65. The van der Waals surface area contributed by atoms with Crippen molar-refractivity contribution in [2.45, 2.75) is 13.3 Å². The van der Waals surface area contributed by atoms with Crippen LogP contribution in [0.15, 0.2) is 47.2 Å². The number of nitrogens with one attached hydrogen (secondary N) is 1. The van der Waals surface area contributed by atoms with Crippen molar-refractivity contribution in [2.24, 2.45) is 0 Å². The SMILES string of the molecule is Cc1ccc(N)c(NCCc2ccc3ncoc3c2)c1. The number of nitrogens with zero attached hydrogens (tertiary/aromatic N) is 1. The van der Waals surface area contributed by atoms with Crippen LogP contribution in [-0.2, 0) is 6.42 Å². The molecule has 1 heterocycles. The summed E-state index contributed by atoms with van der Waals surface area (Å²) in [6.07, 6.45) is 2.38. The number of hydrogen-bond acceptors (Lipinski definition) is 4. The first-order chi connectivity index (χ1) is 9.72. The van der Waals surface area contributed by atoms with Gasteiger partial charge in [0.05, 0.1) is 11.4 Å². The second kappa shape index (κ2) is 5.25. The Labute approximate surface area is 117 Å². The van der Waals surface area contributed by atoms with Gasteiger partial charge in [-0.1, -0.05) is 12.1 Å². The summed E-state index contributed by atoms with van der Waals surface area (Å²) in [6, 6.07) is 12.1. The molecular weight excluding hydrogens is 250 g/mol. The summed E-state index contributed by atoms with van der Waals surface area (Å²) in [5, 5.41) is 3.37. The molecule has 4 heteroatoms. The van der Waals surface area contributed by atoms with Gasteiger partial charge in [-0.2, -0.15) is 0 Å². The van der Waals surface area contributed by atoms with Gasteiger partial charge in [-0.15, -0.1) is 0 Å². The molecule has 0 saturated heterocycles. The molecule has 102 valence electrons. The maximum Gasteiger partial charge on any atom is 0.181 e. The Morgan fingerprint density at radius 3 is 3.00 bits per heavy atom. The monoisotopic (exact) mass is 267 g/mol. The van der Waals surface area contributed by atoms with E-state index in [0.29, 0.717) is 0 Å². The molecule has 1 aromatic heterocycles. The number of fused-ring (bicyclic) bond motifs is 1. The van der Waals surface area contributed by atoms with Crippen LogP contribution in [0.2, 0.25) is 0 Å². The van der Waals surface area contributed by atoms with Crippen LogP contribution in [0.5, 0.6) is 0 Å². The largest absolute Gasteiger partial charge is 0.443 e. The van der Waals surface area contributed by atoms with Crippen LogP contribution in [0.3, 0.4) is 0 Å². The molecule has 20 heavy (non-hydrogen) atoms. The first-order valence-electron chi connectivity index (χ1n) is 6.64. The minimum Gasteiger partial charge on any atom is -0.443 e. The number of benzene rings is 2. The van der Waals surface area contributed by atoms with E-state index in [1.807, 2.05) is 24.3 Å². The highest BCUT2D eigenvalue weighted by Crippen LogP contribution is 2.20. The third-order valence-corrected chi connectivity index (χ3v) is 3.33. The Kier molecular flexibility index (Phi) is 3.29. The predicted molar refractivity (Wildman–Crippen MR) is 81.8 cm³/mol. The number of nitrogen functional groups attached to an aromatic ring is 1. The van der Waals surface area contributed by atoms with E-state index in [2.05, 4.69) is 29.4 Å². The Morgan fingerprint density at radius 1 is 1.20 bits per heavy atom. The third kappa shape index (κ3) is 2.59. The molecule has 0 aliphatic carbocycles. The molecular formula is C16H17N3O. The number of nitrogens with two attached hydrogens (primary N) is 1. The molecule has 3 aromatic rings. The molecule has 3 rings (SSSR count). The van der Waals surface area contributed by atoms with E-state index in [0.717, 1.165) is 35.4 Å². The molecule has 0 atom stereocenters. The van der Waals surface area contributed by atoms with Gasteiger partial charge >= 0.3 is 0 Å². The van der Waals surface area contributed by atoms with Crippen LogP contribution in [0, 0.1) is 6.92 Å². The lowest BCUT2D eigenvalue weighted by atomic mass is 10.1. The van der Waals surface area contributed by atoms with Crippen molar-refractivity contribution in [3.05, 3.63) is 53.9 Å². The Morgan fingerprint density at radius 2 is 2.10 bits per heavy atom. The van der Waals surface area contributed by atoms with Gasteiger partial charge < -0.3 is 15.5 Å². The quantitative estimate of drug-likeness (QED) is 0.711. The van der Waals surface area contributed by atoms with Gasteiger partial charge in [0.15, 0.2) is 12.0 Å². The zero-order valence-corrected chi connectivity index (χ0v) is 11.4. The van der Waals surface area contributed by atoms with Crippen LogP contribution < -0.4 is 11.1 Å². The summed E-state index contributed by atoms with van der Waals surface area (Å²) in [6.45, 7) is 2.88. The first kappa shape index (κ1) is 12.5. The summed E-state index contributed by atoms with van der Waals surface area (Å²) >= 11 is 0. The lowest BCUT2D eigenvalue weighted by Crippen LogP contribution is -2.07. The van der Waals surface area contributed by atoms with Crippen molar-refractivity contribution in [3.8, 4) is 0 Å². The van der Waals surface area contributed by atoms with Gasteiger partial charge in [0, 0.05) is 6.54 Å². The minimum absolute atomic E-state index is 0.779. The fourth-order valence-corrected chi connectivity index (χ4v) is 2.22. The number of aromatic nitrogens is 1. The molecule has 0 aliphatic rings. The fourth-order valence-electron chi connectivity index (χ4n) is 2.22. The van der Waals surface area contributed by atoms with Crippen molar-refractivity contribution in [2.75, 3.05) is 17.6 Å². The zero-order valence-electron chi connectivity index (χ0n) is 11.4. The molecule has 2 aromatic carbocycles. The molecule has 0 bridgehead atoms. The van der Waals surface area contributed by atoms with E-state index in [4.69, 9.17) is 10.2 Å². The number of rotatable bonds is 4. The van der Waals surface area contributed by atoms with Crippen molar-refractivity contribution in [1.82, 2.24) is 4.98 Å². The van der Waals surface area contributed by atoms with Crippen molar-refractivity contribution >= 4 is 22.5 Å². The zero-order chi connectivity index (χ0) is 13.9. The average molecular weight is 267 g/mol. The predicted octanol–water partition coefficient (Wildman–Crippen LogP) is 3.37. The lowest BCUT2D eigenvalue weighted by Gasteiger charge is -2.10. The second-order valence-corrected chi connectivity index (χ2v) is 4.92. The van der Waals surface area contributed by atoms with Crippen LogP contribution in [0.25, 0.3) is 11.1 Å². The number of hydrogen-bond donors (Lipinski definition) is 2. The summed E-state index contributed by atoms with van der Waals surface area (Å²) in [5.74, 6) is 0. The molecule has 4 nitrogen and oxygen atoms in total. The van der Waals surface area contributed by atoms with Gasteiger partial charge in [-0.25, -0.2) is 4.98 Å². The number of oxazole rings is 1. The van der Waals surface area contributed by atoms with Gasteiger partial charge in [-0.3, -0.25) is 0 Å². The molecule has 0 saturated carbocycles. The summed E-state index contributed by atoms with van der Waals surface area (Å²) in [4.78, 5) is 4.11. The smallest absolute Gasteiger partial charge is 0.181 e. The highest BCUT2D eigenvalue weighted by Gasteiger charge is 2.02. The van der Waals surface area contributed by atoms with Crippen LogP contribution >= 0.6 is 0 Å². The van der Waals surface area contributed by atoms with E-state index in [9.17, 15) is 0 Å². The number of anilines is 2. The summed E-state index contributed by atoms with van der Waals surface area (Å²) < 4.78 is 5.31. The van der Waals surface area contributed by atoms with E-state index >= 15 is 0 Å². The van der Waals surface area contributed by atoms with Gasteiger partial charge in [-0.05, 0) is 48.7 Å². The number of aryl methyl sites for hydroxylation is 1. The highest BCUT2D eigenvalue weighted by atomic mass is 16.3. The molecule has 0 unspecified atom stereocenters. The van der Waals surface area contributed by atoms with Crippen molar-refractivity contribution in [1.29, 1.82) is 0 Å².